The Labute approximate surface area is 104 Å². The van der Waals surface area contributed by atoms with E-state index in [0.29, 0.717) is 18.7 Å². The summed E-state index contributed by atoms with van der Waals surface area (Å²) in [5.74, 6) is -1.17. The minimum atomic E-state index is -0.692. The van der Waals surface area contributed by atoms with Gasteiger partial charge in [0.05, 0.1) is 19.4 Å². The minimum Gasteiger partial charge on any atom is -0.464 e. The first-order chi connectivity index (χ1) is 8.52. The summed E-state index contributed by atoms with van der Waals surface area (Å²) in [5, 5.41) is 7.49. The maximum absolute atomic E-state index is 11.5. The molecule has 0 aliphatic rings. The van der Waals surface area contributed by atoms with Crippen LogP contribution in [-0.2, 0) is 20.7 Å². The van der Waals surface area contributed by atoms with Crippen molar-refractivity contribution in [3.8, 4) is 0 Å². The molecule has 0 aromatic carbocycles. The van der Waals surface area contributed by atoms with Crippen molar-refractivity contribution in [2.45, 2.75) is 19.4 Å². The molecule has 1 aromatic heterocycles. The third-order valence-electron chi connectivity index (χ3n) is 2.49. The van der Waals surface area contributed by atoms with Crippen molar-refractivity contribution in [2.75, 3.05) is 20.8 Å². The number of rotatable bonds is 6. The lowest BCUT2D eigenvalue weighted by molar-refractivity contribution is -0.121. The van der Waals surface area contributed by atoms with E-state index < -0.39 is 17.9 Å². The van der Waals surface area contributed by atoms with Gasteiger partial charge in [0.2, 0.25) is 5.91 Å². The first-order valence-corrected chi connectivity index (χ1v) is 5.33. The molecule has 8 nitrogen and oxygen atoms in total. The Hall–Kier alpha value is -1.96. The van der Waals surface area contributed by atoms with E-state index in [1.807, 2.05) is 0 Å². The first-order valence-electron chi connectivity index (χ1n) is 5.33. The van der Waals surface area contributed by atoms with Crippen LogP contribution in [0.4, 0.5) is 0 Å². The van der Waals surface area contributed by atoms with Crippen LogP contribution in [0.2, 0.25) is 0 Å². The van der Waals surface area contributed by atoms with Crippen molar-refractivity contribution in [3.63, 3.8) is 0 Å². The number of hydrogen-bond acceptors (Lipinski definition) is 6. The lowest BCUT2D eigenvalue weighted by Crippen LogP contribution is -2.27. The summed E-state index contributed by atoms with van der Waals surface area (Å²) in [6, 6.07) is -0.692. The highest BCUT2D eigenvalue weighted by Gasteiger charge is 2.24. The van der Waals surface area contributed by atoms with Crippen molar-refractivity contribution in [3.05, 3.63) is 11.4 Å². The van der Waals surface area contributed by atoms with Crippen LogP contribution in [0.5, 0.6) is 0 Å². The smallest absolute Gasteiger partial charge is 0.360 e. The van der Waals surface area contributed by atoms with E-state index >= 15 is 0 Å². The number of hydrogen-bond donors (Lipinski definition) is 1. The minimum absolute atomic E-state index is 0.0719. The number of aromatic nitrogens is 3. The zero-order valence-electron chi connectivity index (χ0n) is 10.5. The fraction of sp³-hybridized carbons (Fsp3) is 0.600. The van der Waals surface area contributed by atoms with Crippen molar-refractivity contribution >= 4 is 11.9 Å². The van der Waals surface area contributed by atoms with Gasteiger partial charge in [-0.15, -0.1) is 5.10 Å². The molecule has 0 fully saturated rings. The number of nitrogens with zero attached hydrogens (tertiary/aromatic N) is 3. The van der Waals surface area contributed by atoms with Crippen LogP contribution in [0.1, 0.15) is 29.1 Å². The molecule has 1 heterocycles. The molecule has 0 radical (unpaired) electrons. The molecule has 0 bridgehead atoms. The van der Waals surface area contributed by atoms with Crippen molar-refractivity contribution in [1.82, 2.24) is 15.0 Å². The van der Waals surface area contributed by atoms with Crippen molar-refractivity contribution < 1.29 is 19.1 Å². The molecule has 1 atom stereocenters. The van der Waals surface area contributed by atoms with Crippen LogP contribution < -0.4 is 5.73 Å². The van der Waals surface area contributed by atoms with Crippen LogP contribution in [0.25, 0.3) is 0 Å². The van der Waals surface area contributed by atoms with Crippen LogP contribution >= 0.6 is 0 Å². The van der Waals surface area contributed by atoms with Gasteiger partial charge >= 0.3 is 5.97 Å². The second kappa shape index (κ2) is 6.10. The summed E-state index contributed by atoms with van der Waals surface area (Å²) >= 11 is 0. The largest absolute Gasteiger partial charge is 0.464 e. The van der Waals surface area contributed by atoms with E-state index in [1.54, 1.807) is 6.92 Å². The zero-order valence-corrected chi connectivity index (χ0v) is 10.5. The summed E-state index contributed by atoms with van der Waals surface area (Å²) in [5.41, 5.74) is 5.75. The Morgan fingerprint density at radius 1 is 1.44 bits per heavy atom. The number of amides is 1. The highest BCUT2D eigenvalue weighted by molar-refractivity contribution is 5.88. The van der Waals surface area contributed by atoms with Crippen LogP contribution in [0.15, 0.2) is 0 Å². The fourth-order valence-corrected chi connectivity index (χ4v) is 1.43. The number of carbonyl (C=O) groups excluding carboxylic acids is 2. The standard InChI is InChI=1S/C10H16N4O4/c1-6(9(11)15)14-7(4-5-17-2)8(12-13-14)10(16)18-3/h6H,4-5H2,1-3H3,(H2,11,15). The molecule has 18 heavy (non-hydrogen) atoms. The van der Waals surface area contributed by atoms with E-state index in [4.69, 9.17) is 10.5 Å². The summed E-state index contributed by atoms with van der Waals surface area (Å²) < 4.78 is 10.9. The van der Waals surface area contributed by atoms with E-state index in [2.05, 4.69) is 15.0 Å². The lowest BCUT2D eigenvalue weighted by atomic mass is 10.2. The summed E-state index contributed by atoms with van der Waals surface area (Å²) in [6.45, 7) is 1.94. The quantitative estimate of drug-likeness (QED) is 0.674. The molecular weight excluding hydrogens is 240 g/mol. The molecule has 0 aliphatic heterocycles. The van der Waals surface area contributed by atoms with Gasteiger partial charge in [-0.2, -0.15) is 0 Å². The molecule has 1 rings (SSSR count). The van der Waals surface area contributed by atoms with Gasteiger partial charge in [-0.25, -0.2) is 9.48 Å². The fourth-order valence-electron chi connectivity index (χ4n) is 1.43. The second-order valence-corrected chi connectivity index (χ2v) is 3.64. The van der Waals surface area contributed by atoms with Gasteiger partial charge in [0.15, 0.2) is 5.69 Å². The van der Waals surface area contributed by atoms with Gasteiger partial charge in [-0.05, 0) is 6.92 Å². The lowest BCUT2D eigenvalue weighted by Gasteiger charge is -2.11. The molecule has 0 aliphatic carbocycles. The molecule has 0 spiro atoms. The van der Waals surface area contributed by atoms with Gasteiger partial charge in [0.1, 0.15) is 6.04 Å². The predicted octanol–water partition coefficient (Wildman–Crippen LogP) is -0.700. The third-order valence-corrected chi connectivity index (χ3v) is 2.49. The maximum atomic E-state index is 11.5. The van der Waals surface area contributed by atoms with Gasteiger partial charge in [-0.1, -0.05) is 5.21 Å². The molecule has 8 heteroatoms. The molecule has 0 saturated carbocycles. The molecule has 100 valence electrons. The molecule has 1 unspecified atom stereocenters. The number of methoxy groups -OCH3 is 2. The summed E-state index contributed by atoms with van der Waals surface area (Å²) in [7, 11) is 2.78. The maximum Gasteiger partial charge on any atom is 0.360 e. The number of primary amides is 1. The Morgan fingerprint density at radius 3 is 2.61 bits per heavy atom. The highest BCUT2D eigenvalue weighted by atomic mass is 16.5. The molecule has 1 amide bonds. The van der Waals surface area contributed by atoms with Gasteiger partial charge in [0.25, 0.3) is 0 Å². The van der Waals surface area contributed by atoms with Crippen LogP contribution in [-0.4, -0.2) is 47.7 Å². The topological polar surface area (TPSA) is 109 Å². The molecule has 2 N–H and O–H groups in total. The summed E-state index contributed by atoms with van der Waals surface area (Å²) in [6.07, 6.45) is 0.381. The Bertz CT molecular complexity index is 443. The zero-order chi connectivity index (χ0) is 13.7. The van der Waals surface area contributed by atoms with E-state index in [-0.39, 0.29) is 5.69 Å². The van der Waals surface area contributed by atoms with Gasteiger partial charge in [-0.3, -0.25) is 4.79 Å². The molecular formula is C10H16N4O4. The normalized spacial score (nSPS) is 12.2. The van der Waals surface area contributed by atoms with E-state index in [0.717, 1.165) is 0 Å². The number of esters is 1. The third kappa shape index (κ3) is 2.83. The van der Waals surface area contributed by atoms with Gasteiger partial charge < -0.3 is 15.2 Å². The second-order valence-electron chi connectivity index (χ2n) is 3.64. The average molecular weight is 256 g/mol. The number of nitrogens with two attached hydrogens (primary N) is 1. The Balaban J connectivity index is 3.14. The number of carbonyl (C=O) groups is 2. The van der Waals surface area contributed by atoms with Crippen LogP contribution in [0, 0.1) is 0 Å². The number of ether oxygens (including phenoxy) is 2. The molecule has 0 saturated heterocycles. The SMILES string of the molecule is COCCc1c(C(=O)OC)nnn1C(C)C(N)=O. The van der Waals surface area contributed by atoms with E-state index in [9.17, 15) is 9.59 Å². The van der Waals surface area contributed by atoms with Crippen LogP contribution in [0.3, 0.4) is 0 Å². The first kappa shape index (κ1) is 14.1. The van der Waals surface area contributed by atoms with E-state index in [1.165, 1.54) is 18.9 Å². The van der Waals surface area contributed by atoms with Gasteiger partial charge in [0, 0.05) is 13.5 Å². The predicted molar refractivity (Wildman–Crippen MR) is 60.8 cm³/mol. The summed E-state index contributed by atoms with van der Waals surface area (Å²) in [4.78, 5) is 22.7. The Morgan fingerprint density at radius 2 is 2.11 bits per heavy atom. The monoisotopic (exact) mass is 256 g/mol. The highest BCUT2D eigenvalue weighted by Crippen LogP contribution is 2.13. The van der Waals surface area contributed by atoms with Crippen molar-refractivity contribution in [1.29, 1.82) is 0 Å². The Kier molecular flexibility index (Phi) is 4.78. The van der Waals surface area contributed by atoms with Crippen molar-refractivity contribution in [2.24, 2.45) is 5.73 Å². The average Bonchev–Trinajstić information content (AvgIpc) is 2.77. The molecule has 1 aromatic rings.